The minimum atomic E-state index is -0.358. The molecule has 0 bridgehead atoms. The number of halogens is 1. The van der Waals surface area contributed by atoms with Gasteiger partial charge in [0.25, 0.3) is 0 Å². The molecule has 2 nitrogen and oxygen atoms in total. The van der Waals surface area contributed by atoms with Crippen LogP contribution in [0.5, 0.6) is 0 Å². The van der Waals surface area contributed by atoms with Gasteiger partial charge in [0.05, 0.1) is 0 Å². The van der Waals surface area contributed by atoms with E-state index in [1.807, 2.05) is 24.3 Å². The standard InChI is InChI=1S/C11H8ClNO/c12-11(14)5-9-7-13-6-8-3-1-2-4-10(8)9/h1-4,6-7H,5H2. The molecule has 0 unspecified atom stereocenters. The molecule has 0 saturated heterocycles. The first-order valence-electron chi connectivity index (χ1n) is 4.27. The fraction of sp³-hybridized carbons (Fsp3) is 0.0909. The third-order valence-electron chi connectivity index (χ3n) is 2.08. The Morgan fingerprint density at radius 3 is 2.86 bits per heavy atom. The summed E-state index contributed by atoms with van der Waals surface area (Å²) in [5.41, 5.74) is 0.878. The molecule has 3 heteroatoms. The molecule has 0 aliphatic heterocycles. The maximum Gasteiger partial charge on any atom is 0.226 e. The largest absolute Gasteiger partial charge is 0.281 e. The van der Waals surface area contributed by atoms with E-state index in [1.165, 1.54) is 0 Å². The molecule has 14 heavy (non-hydrogen) atoms. The van der Waals surface area contributed by atoms with E-state index in [9.17, 15) is 4.79 Å². The van der Waals surface area contributed by atoms with Crippen LogP contribution in [0, 0.1) is 0 Å². The van der Waals surface area contributed by atoms with E-state index in [1.54, 1.807) is 12.4 Å². The first-order chi connectivity index (χ1) is 6.77. The number of carbonyl (C=O) groups is 1. The van der Waals surface area contributed by atoms with Crippen molar-refractivity contribution in [3.05, 3.63) is 42.2 Å². The van der Waals surface area contributed by atoms with Crippen molar-refractivity contribution >= 4 is 27.6 Å². The number of hydrogen-bond acceptors (Lipinski definition) is 2. The molecule has 1 heterocycles. The van der Waals surface area contributed by atoms with Gasteiger partial charge in [0.1, 0.15) is 0 Å². The number of aromatic nitrogens is 1. The summed E-state index contributed by atoms with van der Waals surface area (Å²) in [6.07, 6.45) is 3.69. The van der Waals surface area contributed by atoms with Crippen LogP contribution in [-0.2, 0) is 11.2 Å². The van der Waals surface area contributed by atoms with Gasteiger partial charge in [-0.05, 0) is 22.6 Å². The van der Waals surface area contributed by atoms with Crippen LogP contribution in [0.2, 0.25) is 0 Å². The summed E-state index contributed by atoms with van der Waals surface area (Å²) in [6, 6.07) is 7.80. The number of hydrogen-bond donors (Lipinski definition) is 0. The molecule has 1 aromatic carbocycles. The Morgan fingerprint density at radius 2 is 2.07 bits per heavy atom. The fourth-order valence-electron chi connectivity index (χ4n) is 1.47. The molecule has 0 fully saturated rings. The van der Waals surface area contributed by atoms with Crippen LogP contribution < -0.4 is 0 Å². The lowest BCUT2D eigenvalue weighted by Crippen LogP contribution is -1.95. The number of nitrogens with zero attached hydrogens (tertiary/aromatic N) is 1. The van der Waals surface area contributed by atoms with Gasteiger partial charge in [-0.15, -0.1) is 0 Å². The Labute approximate surface area is 86.5 Å². The van der Waals surface area contributed by atoms with Crippen LogP contribution in [0.15, 0.2) is 36.7 Å². The summed E-state index contributed by atoms with van der Waals surface area (Å²) in [5.74, 6) is 0. The second-order valence-electron chi connectivity index (χ2n) is 3.05. The van der Waals surface area contributed by atoms with Gasteiger partial charge in [0, 0.05) is 24.2 Å². The zero-order valence-corrected chi connectivity index (χ0v) is 8.16. The summed E-state index contributed by atoms with van der Waals surface area (Å²) in [4.78, 5) is 14.8. The van der Waals surface area contributed by atoms with Gasteiger partial charge in [0.15, 0.2) is 0 Å². The molecular formula is C11H8ClNO. The van der Waals surface area contributed by atoms with Crippen molar-refractivity contribution in [3.8, 4) is 0 Å². The van der Waals surface area contributed by atoms with E-state index in [-0.39, 0.29) is 11.7 Å². The van der Waals surface area contributed by atoms with E-state index < -0.39 is 0 Å². The second-order valence-corrected chi connectivity index (χ2v) is 3.47. The fourth-order valence-corrected chi connectivity index (χ4v) is 1.61. The van der Waals surface area contributed by atoms with E-state index in [0.717, 1.165) is 16.3 Å². The Morgan fingerprint density at radius 1 is 1.29 bits per heavy atom. The van der Waals surface area contributed by atoms with Crippen molar-refractivity contribution in [2.45, 2.75) is 6.42 Å². The Bertz CT molecular complexity index is 476. The van der Waals surface area contributed by atoms with E-state index in [0.29, 0.717) is 0 Å². The molecule has 0 radical (unpaired) electrons. The molecule has 0 aliphatic carbocycles. The molecule has 70 valence electrons. The average Bonchev–Trinajstić information content (AvgIpc) is 2.18. The molecule has 1 aromatic heterocycles. The Balaban J connectivity index is 2.59. The number of benzene rings is 1. The topological polar surface area (TPSA) is 30.0 Å². The van der Waals surface area contributed by atoms with Crippen molar-refractivity contribution in [1.82, 2.24) is 4.98 Å². The molecule has 0 atom stereocenters. The first kappa shape index (κ1) is 9.16. The average molecular weight is 206 g/mol. The highest BCUT2D eigenvalue weighted by Crippen LogP contribution is 2.17. The maximum atomic E-state index is 10.8. The van der Waals surface area contributed by atoms with Gasteiger partial charge >= 0.3 is 0 Å². The predicted molar refractivity (Wildman–Crippen MR) is 56.3 cm³/mol. The zero-order chi connectivity index (χ0) is 9.97. The van der Waals surface area contributed by atoms with E-state index >= 15 is 0 Å². The van der Waals surface area contributed by atoms with Crippen molar-refractivity contribution in [1.29, 1.82) is 0 Å². The van der Waals surface area contributed by atoms with Crippen LogP contribution in [0.3, 0.4) is 0 Å². The lowest BCUT2D eigenvalue weighted by Gasteiger charge is -2.02. The second kappa shape index (κ2) is 3.76. The quantitative estimate of drug-likeness (QED) is 0.706. The monoisotopic (exact) mass is 205 g/mol. The molecule has 0 amide bonds. The number of carbonyl (C=O) groups excluding carboxylic acids is 1. The lowest BCUT2D eigenvalue weighted by molar-refractivity contribution is -0.111. The number of pyridine rings is 1. The summed E-state index contributed by atoms with van der Waals surface area (Å²) in [6.45, 7) is 0. The first-order valence-corrected chi connectivity index (χ1v) is 4.65. The lowest BCUT2D eigenvalue weighted by atomic mass is 10.1. The molecule has 2 rings (SSSR count). The maximum absolute atomic E-state index is 10.8. The van der Waals surface area contributed by atoms with Crippen LogP contribution in [-0.4, -0.2) is 10.2 Å². The van der Waals surface area contributed by atoms with Crippen molar-refractivity contribution in [2.75, 3.05) is 0 Å². The summed E-state index contributed by atoms with van der Waals surface area (Å²) >= 11 is 5.35. The minimum Gasteiger partial charge on any atom is -0.281 e. The summed E-state index contributed by atoms with van der Waals surface area (Å²) < 4.78 is 0. The van der Waals surface area contributed by atoms with Gasteiger partial charge < -0.3 is 0 Å². The molecular weight excluding hydrogens is 198 g/mol. The SMILES string of the molecule is O=C(Cl)Cc1cncc2ccccc12. The van der Waals surface area contributed by atoms with E-state index in [2.05, 4.69) is 4.98 Å². The van der Waals surface area contributed by atoms with Crippen LogP contribution in [0.1, 0.15) is 5.56 Å². The Kier molecular flexibility index (Phi) is 2.46. The molecule has 2 aromatic rings. The summed E-state index contributed by atoms with van der Waals surface area (Å²) in [5, 5.41) is 1.71. The minimum absolute atomic E-state index is 0.232. The van der Waals surface area contributed by atoms with E-state index in [4.69, 9.17) is 11.6 Å². The van der Waals surface area contributed by atoms with Gasteiger partial charge in [-0.3, -0.25) is 9.78 Å². The molecule has 0 spiro atoms. The van der Waals surface area contributed by atoms with Crippen molar-refractivity contribution < 1.29 is 4.79 Å². The van der Waals surface area contributed by atoms with Crippen LogP contribution >= 0.6 is 11.6 Å². The van der Waals surface area contributed by atoms with Gasteiger partial charge in [-0.25, -0.2) is 0 Å². The smallest absolute Gasteiger partial charge is 0.226 e. The normalized spacial score (nSPS) is 10.4. The predicted octanol–water partition coefficient (Wildman–Crippen LogP) is 2.54. The van der Waals surface area contributed by atoms with Crippen molar-refractivity contribution in [2.24, 2.45) is 0 Å². The zero-order valence-electron chi connectivity index (χ0n) is 7.40. The Hall–Kier alpha value is -1.41. The van der Waals surface area contributed by atoms with Crippen molar-refractivity contribution in [3.63, 3.8) is 0 Å². The third kappa shape index (κ3) is 1.75. The molecule has 0 saturated carbocycles. The highest BCUT2D eigenvalue weighted by Gasteiger charge is 2.04. The molecule has 0 N–H and O–H groups in total. The highest BCUT2D eigenvalue weighted by atomic mass is 35.5. The number of fused-ring (bicyclic) bond motifs is 1. The molecule has 0 aliphatic rings. The van der Waals surface area contributed by atoms with Gasteiger partial charge in [-0.2, -0.15) is 0 Å². The van der Waals surface area contributed by atoms with Gasteiger partial charge in [-0.1, -0.05) is 24.3 Å². The van der Waals surface area contributed by atoms with Crippen LogP contribution in [0.4, 0.5) is 0 Å². The summed E-state index contributed by atoms with van der Waals surface area (Å²) in [7, 11) is 0. The highest BCUT2D eigenvalue weighted by molar-refractivity contribution is 6.63. The van der Waals surface area contributed by atoms with Crippen LogP contribution in [0.25, 0.3) is 10.8 Å². The third-order valence-corrected chi connectivity index (χ3v) is 2.21. The van der Waals surface area contributed by atoms with Gasteiger partial charge in [0.2, 0.25) is 5.24 Å². The number of rotatable bonds is 2.